The maximum absolute atomic E-state index is 5.83. The van der Waals surface area contributed by atoms with Gasteiger partial charge in [0.2, 0.25) is 0 Å². The van der Waals surface area contributed by atoms with Crippen molar-refractivity contribution < 1.29 is 0 Å². The second-order valence-electron chi connectivity index (χ2n) is 5.67. The minimum absolute atomic E-state index is 0.441. The van der Waals surface area contributed by atoms with Crippen molar-refractivity contribution >= 4 is 5.69 Å². The van der Waals surface area contributed by atoms with Crippen LogP contribution in [0.4, 0.5) is 5.69 Å². The molecule has 0 saturated carbocycles. The smallest absolute Gasteiger partial charge is 0.0412 e. The van der Waals surface area contributed by atoms with Crippen LogP contribution >= 0.6 is 0 Å². The van der Waals surface area contributed by atoms with Crippen LogP contribution in [0.3, 0.4) is 0 Å². The van der Waals surface area contributed by atoms with E-state index in [0.717, 1.165) is 13.1 Å². The van der Waals surface area contributed by atoms with Gasteiger partial charge in [0, 0.05) is 25.3 Å². The van der Waals surface area contributed by atoms with Crippen LogP contribution in [0.1, 0.15) is 31.4 Å². The summed E-state index contributed by atoms with van der Waals surface area (Å²) in [5.41, 5.74) is 10.2. The fourth-order valence-corrected chi connectivity index (χ4v) is 2.50. The highest BCUT2D eigenvalue weighted by Crippen LogP contribution is 2.34. The summed E-state index contributed by atoms with van der Waals surface area (Å²) in [6.45, 7) is 9.73. The lowest BCUT2D eigenvalue weighted by Gasteiger charge is -2.24. The standard InChI is InChI=1S/C14H22N2/c1-11-4-5-13(12(8-11)9-15)16-7-6-14(2,3)10-16/h4-5,8H,6-7,9-10,15H2,1-3H3. The first-order valence-corrected chi connectivity index (χ1v) is 6.06. The van der Waals surface area contributed by atoms with Gasteiger partial charge in [-0.2, -0.15) is 0 Å². The van der Waals surface area contributed by atoms with E-state index in [-0.39, 0.29) is 0 Å². The Bertz CT molecular complexity index is 382. The van der Waals surface area contributed by atoms with E-state index in [4.69, 9.17) is 5.73 Å². The fraction of sp³-hybridized carbons (Fsp3) is 0.571. The molecule has 0 aromatic heterocycles. The molecule has 88 valence electrons. The van der Waals surface area contributed by atoms with Crippen molar-refractivity contribution in [2.45, 2.75) is 33.7 Å². The molecule has 1 aliphatic rings. The Morgan fingerprint density at radius 1 is 1.38 bits per heavy atom. The minimum Gasteiger partial charge on any atom is -0.371 e. The van der Waals surface area contributed by atoms with Crippen LogP contribution in [-0.2, 0) is 6.54 Å². The minimum atomic E-state index is 0.441. The van der Waals surface area contributed by atoms with Gasteiger partial charge in [0.1, 0.15) is 0 Å². The molecule has 0 bridgehead atoms. The molecule has 1 aromatic carbocycles. The number of nitrogens with zero attached hydrogens (tertiary/aromatic N) is 1. The second kappa shape index (κ2) is 4.10. The van der Waals surface area contributed by atoms with Crippen molar-refractivity contribution in [3.8, 4) is 0 Å². The predicted molar refractivity (Wildman–Crippen MR) is 69.7 cm³/mol. The molecule has 1 saturated heterocycles. The normalized spacial score (nSPS) is 19.1. The molecule has 0 atom stereocenters. The van der Waals surface area contributed by atoms with Crippen LogP contribution in [0.25, 0.3) is 0 Å². The zero-order valence-electron chi connectivity index (χ0n) is 10.6. The monoisotopic (exact) mass is 218 g/mol. The summed E-state index contributed by atoms with van der Waals surface area (Å²) in [6.07, 6.45) is 1.27. The average Bonchev–Trinajstić information content (AvgIpc) is 2.58. The van der Waals surface area contributed by atoms with Gasteiger partial charge in [-0.1, -0.05) is 31.5 Å². The Balaban J connectivity index is 2.27. The highest BCUT2D eigenvalue weighted by atomic mass is 15.2. The van der Waals surface area contributed by atoms with E-state index in [1.807, 2.05) is 0 Å². The van der Waals surface area contributed by atoms with Gasteiger partial charge in [0.15, 0.2) is 0 Å². The summed E-state index contributed by atoms with van der Waals surface area (Å²) in [6, 6.07) is 6.61. The molecule has 2 heteroatoms. The molecule has 0 amide bonds. The van der Waals surface area contributed by atoms with Crippen LogP contribution in [0.5, 0.6) is 0 Å². The summed E-state index contributed by atoms with van der Waals surface area (Å²) < 4.78 is 0. The average molecular weight is 218 g/mol. The first kappa shape index (κ1) is 11.5. The Morgan fingerprint density at radius 3 is 2.69 bits per heavy atom. The van der Waals surface area contributed by atoms with Crippen molar-refractivity contribution in [1.29, 1.82) is 0 Å². The van der Waals surface area contributed by atoms with Gasteiger partial charge >= 0.3 is 0 Å². The van der Waals surface area contributed by atoms with Gasteiger partial charge in [-0.3, -0.25) is 0 Å². The van der Waals surface area contributed by atoms with Crippen LogP contribution in [0, 0.1) is 12.3 Å². The van der Waals surface area contributed by atoms with Crippen LogP contribution in [0.2, 0.25) is 0 Å². The lowest BCUT2D eigenvalue weighted by atomic mass is 9.93. The van der Waals surface area contributed by atoms with Crippen molar-refractivity contribution in [2.75, 3.05) is 18.0 Å². The number of rotatable bonds is 2. The van der Waals surface area contributed by atoms with Crippen LogP contribution in [0.15, 0.2) is 18.2 Å². The van der Waals surface area contributed by atoms with Crippen LogP contribution < -0.4 is 10.6 Å². The molecule has 2 nitrogen and oxygen atoms in total. The Hall–Kier alpha value is -1.02. The van der Waals surface area contributed by atoms with E-state index >= 15 is 0 Å². The van der Waals surface area contributed by atoms with E-state index in [1.165, 1.54) is 23.2 Å². The van der Waals surface area contributed by atoms with Gasteiger partial charge in [-0.15, -0.1) is 0 Å². The SMILES string of the molecule is Cc1ccc(N2CCC(C)(C)C2)c(CN)c1. The molecule has 1 heterocycles. The molecule has 0 spiro atoms. The lowest BCUT2D eigenvalue weighted by molar-refractivity contribution is 0.418. The number of nitrogens with two attached hydrogens (primary N) is 1. The molecule has 2 N–H and O–H groups in total. The molecule has 0 aliphatic carbocycles. The van der Waals surface area contributed by atoms with Crippen molar-refractivity contribution in [3.05, 3.63) is 29.3 Å². The molecule has 16 heavy (non-hydrogen) atoms. The number of benzene rings is 1. The van der Waals surface area contributed by atoms with E-state index in [2.05, 4.69) is 43.9 Å². The second-order valence-corrected chi connectivity index (χ2v) is 5.67. The number of hydrogen-bond donors (Lipinski definition) is 1. The molecule has 1 aliphatic heterocycles. The van der Waals surface area contributed by atoms with Gasteiger partial charge in [-0.25, -0.2) is 0 Å². The van der Waals surface area contributed by atoms with Gasteiger partial charge in [-0.05, 0) is 30.4 Å². The summed E-state index contributed by atoms with van der Waals surface area (Å²) in [5, 5.41) is 0. The molecule has 1 fully saturated rings. The quantitative estimate of drug-likeness (QED) is 0.827. The Kier molecular flexibility index (Phi) is 2.94. The Morgan fingerprint density at radius 2 is 2.12 bits per heavy atom. The molecule has 0 unspecified atom stereocenters. The van der Waals surface area contributed by atoms with Crippen LogP contribution in [-0.4, -0.2) is 13.1 Å². The highest BCUT2D eigenvalue weighted by molar-refractivity contribution is 5.56. The topological polar surface area (TPSA) is 29.3 Å². The first-order valence-electron chi connectivity index (χ1n) is 6.06. The largest absolute Gasteiger partial charge is 0.371 e. The van der Waals surface area contributed by atoms with Crippen molar-refractivity contribution in [3.63, 3.8) is 0 Å². The third-order valence-corrected chi connectivity index (χ3v) is 3.47. The van der Waals surface area contributed by atoms with Crippen molar-refractivity contribution in [2.24, 2.45) is 11.1 Å². The van der Waals surface area contributed by atoms with Gasteiger partial charge < -0.3 is 10.6 Å². The maximum Gasteiger partial charge on any atom is 0.0412 e. The van der Waals surface area contributed by atoms with E-state index < -0.39 is 0 Å². The fourth-order valence-electron chi connectivity index (χ4n) is 2.50. The van der Waals surface area contributed by atoms with E-state index in [0.29, 0.717) is 12.0 Å². The molecule has 2 rings (SSSR count). The summed E-state index contributed by atoms with van der Waals surface area (Å²) >= 11 is 0. The third kappa shape index (κ3) is 2.22. The summed E-state index contributed by atoms with van der Waals surface area (Å²) in [5.74, 6) is 0. The zero-order valence-corrected chi connectivity index (χ0v) is 10.6. The van der Waals surface area contributed by atoms with Gasteiger partial charge in [0.05, 0.1) is 0 Å². The summed E-state index contributed by atoms with van der Waals surface area (Å²) in [7, 11) is 0. The third-order valence-electron chi connectivity index (χ3n) is 3.47. The van der Waals surface area contributed by atoms with E-state index in [1.54, 1.807) is 0 Å². The van der Waals surface area contributed by atoms with Crippen molar-refractivity contribution in [1.82, 2.24) is 0 Å². The predicted octanol–water partition coefficient (Wildman–Crippen LogP) is 2.69. The molecular formula is C14H22N2. The van der Waals surface area contributed by atoms with Gasteiger partial charge in [0.25, 0.3) is 0 Å². The summed E-state index contributed by atoms with van der Waals surface area (Å²) in [4.78, 5) is 2.47. The van der Waals surface area contributed by atoms with E-state index in [9.17, 15) is 0 Å². The lowest BCUT2D eigenvalue weighted by Crippen LogP contribution is -2.24. The number of aryl methyl sites for hydroxylation is 1. The molecule has 1 aromatic rings. The zero-order chi connectivity index (χ0) is 11.8. The highest BCUT2D eigenvalue weighted by Gasteiger charge is 2.29. The maximum atomic E-state index is 5.83. The number of anilines is 1. The molecular weight excluding hydrogens is 196 g/mol. The molecule has 0 radical (unpaired) electrons. The first-order chi connectivity index (χ1) is 7.52. The Labute approximate surface area is 98.4 Å². The number of hydrogen-bond acceptors (Lipinski definition) is 2.